The molecule has 3 heterocycles. The first-order valence-electron chi connectivity index (χ1n) is 10.6. The number of fused-ring (bicyclic) bond motifs is 1. The van der Waals surface area contributed by atoms with Gasteiger partial charge >= 0.3 is 5.97 Å². The summed E-state index contributed by atoms with van der Waals surface area (Å²) in [6.45, 7) is 16.6. The minimum atomic E-state index is -2.03. The fourth-order valence-corrected chi connectivity index (χ4v) is 10.3. The lowest BCUT2D eigenvalue weighted by Gasteiger charge is -2.48. The molecular weight excluding hydrogens is 471 g/mol. The summed E-state index contributed by atoms with van der Waals surface area (Å²) < 4.78 is 24.4. The Balaban J connectivity index is 1.78. The maximum Gasteiger partial charge on any atom is 0.357 e. The van der Waals surface area contributed by atoms with E-state index in [1.165, 1.54) is 6.08 Å². The highest BCUT2D eigenvalue weighted by Gasteiger charge is 2.59. The van der Waals surface area contributed by atoms with E-state index in [-0.39, 0.29) is 40.2 Å². The van der Waals surface area contributed by atoms with E-state index < -0.39 is 25.1 Å². The second-order valence-electron chi connectivity index (χ2n) is 9.69. The lowest BCUT2D eigenvalue weighted by molar-refractivity contribution is -0.157. The molecule has 1 unspecified atom stereocenters. The van der Waals surface area contributed by atoms with Gasteiger partial charge in [-0.1, -0.05) is 45.2 Å². The summed E-state index contributed by atoms with van der Waals surface area (Å²) in [6.07, 6.45) is 2.14. The summed E-state index contributed by atoms with van der Waals surface area (Å²) in [5, 5.41) is 0.0831. The molecule has 0 aromatic heterocycles. The molecule has 0 bridgehead atoms. The number of ether oxygens (including phenoxy) is 1. The highest BCUT2D eigenvalue weighted by atomic mass is 32.2. The fourth-order valence-electron chi connectivity index (χ4n) is 3.61. The van der Waals surface area contributed by atoms with Crippen molar-refractivity contribution in [3.63, 3.8) is 0 Å². The molecule has 2 fully saturated rings. The molecule has 174 valence electrons. The van der Waals surface area contributed by atoms with Crippen LogP contribution >= 0.6 is 23.5 Å². The Bertz CT molecular complexity index is 822. The Morgan fingerprint density at radius 2 is 2.13 bits per heavy atom. The average Bonchev–Trinajstić information content (AvgIpc) is 3.19. The molecule has 3 rings (SSSR count). The van der Waals surface area contributed by atoms with E-state index in [1.807, 2.05) is 6.92 Å². The van der Waals surface area contributed by atoms with Crippen LogP contribution in [0, 0.1) is 5.92 Å². The van der Waals surface area contributed by atoms with Gasteiger partial charge in [0.15, 0.2) is 14.0 Å². The normalized spacial score (nSPS) is 29.6. The summed E-state index contributed by atoms with van der Waals surface area (Å²) in [6, 6.07) is 0. The second kappa shape index (κ2) is 9.36. The van der Waals surface area contributed by atoms with Crippen molar-refractivity contribution in [2.75, 3.05) is 18.1 Å². The van der Waals surface area contributed by atoms with Crippen molar-refractivity contribution in [3.05, 3.63) is 22.6 Å². The van der Waals surface area contributed by atoms with Crippen LogP contribution in [0.25, 0.3) is 0 Å². The lowest BCUT2D eigenvalue weighted by atomic mass is 9.92. The minimum absolute atomic E-state index is 0.0492. The van der Waals surface area contributed by atoms with Gasteiger partial charge in [0.05, 0.1) is 16.3 Å². The van der Waals surface area contributed by atoms with E-state index in [2.05, 4.69) is 40.4 Å². The van der Waals surface area contributed by atoms with Crippen LogP contribution in [-0.4, -0.2) is 64.1 Å². The molecule has 0 saturated carbocycles. The van der Waals surface area contributed by atoms with Gasteiger partial charge in [0, 0.05) is 27.6 Å². The van der Waals surface area contributed by atoms with Crippen molar-refractivity contribution in [1.82, 2.24) is 4.90 Å². The van der Waals surface area contributed by atoms with Crippen LogP contribution in [0.1, 0.15) is 34.1 Å². The van der Waals surface area contributed by atoms with Gasteiger partial charge in [0.25, 0.3) is 0 Å². The largest absolute Gasteiger partial charge is 0.457 e. The molecule has 0 spiro atoms. The Labute approximate surface area is 197 Å². The van der Waals surface area contributed by atoms with E-state index in [4.69, 9.17) is 9.16 Å². The molecular formula is C21H33NO5S3Si. The highest BCUT2D eigenvalue weighted by molar-refractivity contribution is 8.23. The van der Waals surface area contributed by atoms with Gasteiger partial charge in [-0.05, 0) is 31.5 Å². The standard InChI is InChI=1S/C21H33NO5S3Si/c1-8-10-26-19(24)16-20(28-14-9-11-30(25)12-14)29-18-15(17(23)22(16)18)13(2)27-31(6,7)21(3,4)5/h8,13-15,18H,1,9-12H2,2-7H3/t13-,14+,15+,18-,30?/m1/s1. The number of hydrogen-bond acceptors (Lipinski definition) is 7. The topological polar surface area (TPSA) is 72.9 Å². The molecule has 3 aliphatic heterocycles. The third kappa shape index (κ3) is 5.02. The molecule has 0 aromatic rings. The molecule has 2 saturated heterocycles. The number of amides is 1. The van der Waals surface area contributed by atoms with Gasteiger partial charge in [-0.2, -0.15) is 0 Å². The molecule has 10 heteroatoms. The van der Waals surface area contributed by atoms with Crippen molar-refractivity contribution in [2.24, 2.45) is 5.92 Å². The van der Waals surface area contributed by atoms with Crippen LogP contribution in [0.5, 0.6) is 0 Å². The number of nitrogens with zero attached hydrogens (tertiary/aromatic N) is 1. The fraction of sp³-hybridized carbons (Fsp3) is 0.714. The first-order valence-corrected chi connectivity index (χ1v) is 16.7. The third-order valence-electron chi connectivity index (χ3n) is 6.38. The quantitative estimate of drug-likeness (QED) is 0.214. The van der Waals surface area contributed by atoms with Crippen molar-refractivity contribution in [2.45, 2.75) is 69.0 Å². The van der Waals surface area contributed by atoms with E-state index >= 15 is 0 Å². The van der Waals surface area contributed by atoms with Gasteiger partial charge in [-0.15, -0.1) is 11.8 Å². The first kappa shape index (κ1) is 25.1. The van der Waals surface area contributed by atoms with E-state index in [1.54, 1.807) is 28.4 Å². The number of hydrogen-bond donors (Lipinski definition) is 0. The maximum atomic E-state index is 13.2. The van der Waals surface area contributed by atoms with E-state index in [9.17, 15) is 13.8 Å². The van der Waals surface area contributed by atoms with Crippen LogP contribution in [-0.2, 0) is 29.6 Å². The molecule has 0 radical (unpaired) electrons. The van der Waals surface area contributed by atoms with Gasteiger partial charge < -0.3 is 9.16 Å². The zero-order valence-corrected chi connectivity index (χ0v) is 22.6. The summed E-state index contributed by atoms with van der Waals surface area (Å²) in [7, 11) is -2.83. The smallest absolute Gasteiger partial charge is 0.357 e. The SMILES string of the molecule is C=CCOC(=O)C1=C(S[C@H]2CCS(=O)C2)S[C@@H]2[C@@H]([C@@H](C)O[Si](C)(C)C(C)(C)C)C(=O)N12. The monoisotopic (exact) mass is 503 g/mol. The molecule has 3 aliphatic rings. The zero-order valence-electron chi connectivity index (χ0n) is 19.1. The van der Waals surface area contributed by atoms with Crippen LogP contribution in [0.4, 0.5) is 0 Å². The third-order valence-corrected chi connectivity index (χ3v) is 15.5. The molecule has 0 aromatic carbocycles. The summed E-state index contributed by atoms with van der Waals surface area (Å²) in [5.74, 6) is 0.437. The van der Waals surface area contributed by atoms with Crippen LogP contribution in [0.3, 0.4) is 0 Å². The Kier molecular flexibility index (Phi) is 7.57. The molecule has 6 nitrogen and oxygen atoms in total. The van der Waals surface area contributed by atoms with Crippen molar-refractivity contribution >= 4 is 54.5 Å². The van der Waals surface area contributed by atoms with Crippen molar-refractivity contribution < 1.29 is 23.0 Å². The first-order chi connectivity index (χ1) is 14.4. The van der Waals surface area contributed by atoms with Crippen molar-refractivity contribution in [3.8, 4) is 0 Å². The molecule has 0 N–H and O–H groups in total. The van der Waals surface area contributed by atoms with Gasteiger partial charge in [0.1, 0.15) is 12.0 Å². The molecule has 31 heavy (non-hydrogen) atoms. The van der Waals surface area contributed by atoms with Gasteiger partial charge in [0.2, 0.25) is 5.91 Å². The number of esters is 1. The van der Waals surface area contributed by atoms with Crippen LogP contribution in [0.15, 0.2) is 22.6 Å². The second-order valence-corrected chi connectivity index (χ2v) is 18.8. The molecule has 0 aliphatic carbocycles. The minimum Gasteiger partial charge on any atom is -0.457 e. The van der Waals surface area contributed by atoms with Crippen molar-refractivity contribution in [1.29, 1.82) is 0 Å². The van der Waals surface area contributed by atoms with Gasteiger partial charge in [-0.25, -0.2) is 4.79 Å². The number of rotatable bonds is 8. The molecule has 5 atom stereocenters. The maximum absolute atomic E-state index is 13.2. The Hall–Kier alpha value is -0.553. The number of thioether (sulfide) groups is 2. The Morgan fingerprint density at radius 3 is 2.68 bits per heavy atom. The average molecular weight is 504 g/mol. The zero-order chi connectivity index (χ0) is 23.1. The highest BCUT2D eigenvalue weighted by Crippen LogP contribution is 2.56. The Morgan fingerprint density at radius 1 is 1.45 bits per heavy atom. The summed E-state index contributed by atoms with van der Waals surface area (Å²) >= 11 is 3.12. The van der Waals surface area contributed by atoms with E-state index in [0.717, 1.165) is 10.7 Å². The molecule has 1 amide bonds. The number of β-lactam (4-membered cyclic amide) rings is 1. The summed E-state index contributed by atoms with van der Waals surface area (Å²) in [4.78, 5) is 27.5. The van der Waals surface area contributed by atoms with Crippen LogP contribution in [0.2, 0.25) is 18.1 Å². The lowest BCUT2D eigenvalue weighted by Crippen LogP contribution is -2.62. The predicted octanol–water partition coefficient (Wildman–Crippen LogP) is 4.08. The predicted molar refractivity (Wildman–Crippen MR) is 132 cm³/mol. The van der Waals surface area contributed by atoms with Crippen LogP contribution < -0.4 is 0 Å². The number of carbonyl (C=O) groups excluding carboxylic acids is 2. The number of carbonyl (C=O) groups is 2. The van der Waals surface area contributed by atoms with E-state index in [0.29, 0.717) is 17.2 Å². The summed E-state index contributed by atoms with van der Waals surface area (Å²) in [5.41, 5.74) is 0.334. The van der Waals surface area contributed by atoms with Gasteiger partial charge in [-0.3, -0.25) is 13.9 Å².